The molecule has 1 aliphatic rings. The van der Waals surface area contributed by atoms with Crippen LogP contribution in [0.4, 0.5) is 24.8 Å². The molecule has 7 nitrogen and oxygen atoms in total. The molecule has 12 heteroatoms. The number of nitrogens with one attached hydrogen (secondary N) is 1. The maximum Gasteiger partial charge on any atom is 0.433 e. The number of aliphatic carboxylic acids is 1. The predicted octanol–water partition coefficient (Wildman–Crippen LogP) is 7.19. The van der Waals surface area contributed by atoms with Crippen molar-refractivity contribution in [1.82, 2.24) is 15.0 Å². The molecule has 0 amide bonds. The van der Waals surface area contributed by atoms with E-state index in [1.165, 1.54) is 22.7 Å². The average Bonchev–Trinajstić information content (AvgIpc) is 3.56. The number of hydrogen-bond acceptors (Lipinski definition) is 8. The summed E-state index contributed by atoms with van der Waals surface area (Å²) in [6.45, 7) is 3.70. The lowest BCUT2D eigenvalue weighted by atomic mass is 9.63. The highest BCUT2D eigenvalue weighted by atomic mass is 32.1. The molecule has 5 rings (SSSR count). The Balaban J connectivity index is 1.49. The smallest absolute Gasteiger partial charge is 0.433 e. The molecule has 2 unspecified atom stereocenters. The summed E-state index contributed by atoms with van der Waals surface area (Å²) in [5.41, 5.74) is -0.833. The van der Waals surface area contributed by atoms with E-state index in [4.69, 9.17) is 0 Å². The predicted molar refractivity (Wildman–Crippen MR) is 144 cm³/mol. The number of carboxylic acid groups (broad SMARTS) is 1. The van der Waals surface area contributed by atoms with Crippen molar-refractivity contribution in [3.05, 3.63) is 64.9 Å². The normalized spacial score (nSPS) is 21.0. The zero-order chi connectivity index (χ0) is 28.0. The lowest BCUT2D eigenvalue weighted by molar-refractivity contribution is -0.154. The van der Waals surface area contributed by atoms with E-state index in [9.17, 15) is 28.2 Å². The third-order valence-corrected chi connectivity index (χ3v) is 9.12. The van der Waals surface area contributed by atoms with Gasteiger partial charge in [0.1, 0.15) is 16.3 Å². The summed E-state index contributed by atoms with van der Waals surface area (Å²) in [5.74, 6) is -1.60. The number of hydrogen-bond donors (Lipinski definition) is 3. The van der Waals surface area contributed by atoms with Crippen molar-refractivity contribution in [3.63, 3.8) is 0 Å². The highest BCUT2D eigenvalue weighted by Gasteiger charge is 2.49. The number of halogens is 3. The first-order chi connectivity index (χ1) is 18.3. The van der Waals surface area contributed by atoms with Gasteiger partial charge in [0.2, 0.25) is 5.95 Å². The van der Waals surface area contributed by atoms with Crippen molar-refractivity contribution < 1.29 is 28.2 Å². The summed E-state index contributed by atoms with van der Waals surface area (Å²) < 4.78 is 39.5. The van der Waals surface area contributed by atoms with Crippen molar-refractivity contribution in [2.75, 3.05) is 5.32 Å². The van der Waals surface area contributed by atoms with Gasteiger partial charge in [0.05, 0.1) is 10.8 Å². The van der Waals surface area contributed by atoms with Gasteiger partial charge in [-0.05, 0) is 71.5 Å². The first-order valence-corrected chi connectivity index (χ1v) is 13.8. The molecule has 1 saturated carbocycles. The highest BCUT2D eigenvalue weighted by molar-refractivity contribution is 7.15. The summed E-state index contributed by atoms with van der Waals surface area (Å²) >= 11 is 2.84. The van der Waals surface area contributed by atoms with Gasteiger partial charge in [-0.25, -0.2) is 15.0 Å². The molecule has 0 bridgehead atoms. The van der Waals surface area contributed by atoms with E-state index < -0.39 is 34.8 Å². The van der Waals surface area contributed by atoms with Crippen LogP contribution in [0.25, 0.3) is 20.9 Å². The number of rotatable bonds is 6. The Kier molecular flexibility index (Phi) is 6.98. The molecule has 1 aliphatic carbocycles. The van der Waals surface area contributed by atoms with Gasteiger partial charge >= 0.3 is 12.1 Å². The standard InChI is InChI=1S/C27H25F3N4O3S2/c1-25(2)14-26(37,7-5-18(25)22(35)36)23-32-13-20(39-23)16-10-15(19-4-3-9-38-19)11-17(12-16)33-24-31-8-6-21(34-24)27(28,29)30/h3-4,6,8-13,18,37H,5,7,14H2,1-2H3,(H,35,36)(H,31,33,34). The number of carbonyl (C=O) groups is 1. The van der Waals surface area contributed by atoms with Gasteiger partial charge in [-0.1, -0.05) is 19.9 Å². The van der Waals surface area contributed by atoms with E-state index in [1.54, 1.807) is 12.3 Å². The molecule has 39 heavy (non-hydrogen) atoms. The maximum atomic E-state index is 13.2. The zero-order valence-corrected chi connectivity index (χ0v) is 22.6. The lowest BCUT2D eigenvalue weighted by Crippen LogP contribution is -2.44. The third-order valence-electron chi connectivity index (χ3n) is 6.97. The van der Waals surface area contributed by atoms with Crippen molar-refractivity contribution >= 4 is 40.3 Å². The number of thiophene rings is 1. The number of carboxylic acids is 1. The Morgan fingerprint density at radius 3 is 2.51 bits per heavy atom. The number of benzene rings is 1. The Morgan fingerprint density at radius 2 is 1.87 bits per heavy atom. The van der Waals surface area contributed by atoms with Crippen molar-refractivity contribution in [2.24, 2.45) is 11.3 Å². The summed E-state index contributed by atoms with van der Waals surface area (Å²) in [5, 5.41) is 26.4. The molecule has 0 radical (unpaired) electrons. The summed E-state index contributed by atoms with van der Waals surface area (Å²) in [4.78, 5) is 25.5. The number of thiazole rings is 1. The molecule has 4 aromatic rings. The van der Waals surface area contributed by atoms with Gasteiger partial charge in [0.25, 0.3) is 0 Å². The van der Waals surface area contributed by atoms with E-state index in [-0.39, 0.29) is 18.8 Å². The van der Waals surface area contributed by atoms with Crippen LogP contribution in [-0.4, -0.2) is 31.1 Å². The van der Waals surface area contributed by atoms with Crippen molar-refractivity contribution in [1.29, 1.82) is 0 Å². The van der Waals surface area contributed by atoms with Crippen LogP contribution in [0.15, 0.2) is 54.2 Å². The van der Waals surface area contributed by atoms with Gasteiger partial charge in [-0.15, -0.1) is 22.7 Å². The molecule has 1 aromatic carbocycles. The van der Waals surface area contributed by atoms with Crippen LogP contribution in [0, 0.1) is 11.3 Å². The Morgan fingerprint density at radius 1 is 1.13 bits per heavy atom. The second-order valence-corrected chi connectivity index (χ2v) is 12.3. The first kappa shape index (κ1) is 27.2. The number of aliphatic hydroxyl groups is 1. The molecule has 1 fully saturated rings. The molecular weight excluding hydrogens is 549 g/mol. The topological polar surface area (TPSA) is 108 Å². The van der Waals surface area contributed by atoms with Gasteiger partial charge < -0.3 is 15.5 Å². The SMILES string of the molecule is CC1(C)CC(O)(c2ncc(-c3cc(Nc4nccc(C(F)(F)F)n4)cc(-c4cccs4)c3)s2)CCC1C(=O)O. The number of nitrogens with zero attached hydrogens (tertiary/aromatic N) is 3. The summed E-state index contributed by atoms with van der Waals surface area (Å²) in [7, 11) is 0. The molecule has 2 atom stereocenters. The van der Waals surface area contributed by atoms with E-state index >= 15 is 0 Å². The Hall–Kier alpha value is -3.35. The number of alkyl halides is 3. The van der Waals surface area contributed by atoms with Gasteiger partial charge in [0, 0.05) is 23.0 Å². The zero-order valence-electron chi connectivity index (χ0n) is 21.0. The summed E-state index contributed by atoms with van der Waals surface area (Å²) in [6.07, 6.45) is -0.993. The fraction of sp³-hybridized carbons (Fsp3) is 0.333. The van der Waals surface area contributed by atoms with E-state index in [1.807, 2.05) is 43.5 Å². The molecule has 0 aliphatic heterocycles. The Labute approximate surface area is 230 Å². The van der Waals surface area contributed by atoms with Crippen LogP contribution in [0.2, 0.25) is 0 Å². The first-order valence-electron chi connectivity index (χ1n) is 12.1. The van der Waals surface area contributed by atoms with Crippen LogP contribution in [0.1, 0.15) is 43.8 Å². The van der Waals surface area contributed by atoms with Crippen molar-refractivity contribution in [2.45, 2.75) is 44.9 Å². The van der Waals surface area contributed by atoms with E-state index in [2.05, 4.69) is 20.3 Å². The number of aromatic nitrogens is 3. The van der Waals surface area contributed by atoms with Crippen LogP contribution < -0.4 is 5.32 Å². The van der Waals surface area contributed by atoms with Crippen LogP contribution in [-0.2, 0) is 16.6 Å². The van der Waals surface area contributed by atoms with E-state index in [0.717, 1.165) is 33.1 Å². The van der Waals surface area contributed by atoms with E-state index in [0.29, 0.717) is 17.1 Å². The minimum atomic E-state index is -4.60. The second kappa shape index (κ2) is 10.00. The fourth-order valence-electron chi connectivity index (χ4n) is 5.14. The number of anilines is 2. The van der Waals surface area contributed by atoms with Crippen LogP contribution in [0.3, 0.4) is 0 Å². The van der Waals surface area contributed by atoms with Gasteiger partial charge in [-0.2, -0.15) is 13.2 Å². The monoisotopic (exact) mass is 574 g/mol. The van der Waals surface area contributed by atoms with Crippen LogP contribution >= 0.6 is 22.7 Å². The Bertz CT molecular complexity index is 1500. The summed E-state index contributed by atoms with van der Waals surface area (Å²) in [6, 6.07) is 10.2. The minimum absolute atomic E-state index is 0.184. The molecule has 0 saturated heterocycles. The molecule has 0 spiro atoms. The highest BCUT2D eigenvalue weighted by Crippen LogP contribution is 2.51. The third kappa shape index (κ3) is 5.68. The van der Waals surface area contributed by atoms with Crippen LogP contribution in [0.5, 0.6) is 0 Å². The second-order valence-electron chi connectivity index (χ2n) is 10.3. The quantitative estimate of drug-likeness (QED) is 0.224. The largest absolute Gasteiger partial charge is 0.481 e. The molecular formula is C27H25F3N4O3S2. The molecule has 3 N–H and O–H groups in total. The van der Waals surface area contributed by atoms with Gasteiger partial charge in [0.15, 0.2) is 0 Å². The average molecular weight is 575 g/mol. The van der Waals surface area contributed by atoms with Gasteiger partial charge in [-0.3, -0.25) is 4.79 Å². The minimum Gasteiger partial charge on any atom is -0.481 e. The maximum absolute atomic E-state index is 13.2. The molecule has 3 heterocycles. The fourth-order valence-corrected chi connectivity index (χ4v) is 6.87. The molecule has 204 valence electrons. The molecule has 3 aromatic heterocycles. The van der Waals surface area contributed by atoms with Crippen molar-refractivity contribution in [3.8, 4) is 20.9 Å². The lowest BCUT2D eigenvalue weighted by Gasteiger charge is -2.44.